The number of carbonyl (C=O) groups is 1. The molecule has 0 saturated carbocycles. The van der Waals surface area contributed by atoms with Gasteiger partial charge in [0.05, 0.1) is 39.4 Å². The second-order valence-electron chi connectivity index (χ2n) is 13.5. The summed E-state index contributed by atoms with van der Waals surface area (Å²) in [6.07, 6.45) is -0.508. The fourth-order valence-electron chi connectivity index (χ4n) is 6.15. The molecule has 1 fully saturated rings. The predicted octanol–water partition coefficient (Wildman–Crippen LogP) is 6.34. The van der Waals surface area contributed by atoms with Crippen LogP contribution in [0.25, 0.3) is 11.1 Å². The van der Waals surface area contributed by atoms with E-state index < -0.39 is 56.3 Å². The number of aryl methyl sites for hydroxylation is 2. The van der Waals surface area contributed by atoms with Gasteiger partial charge in [-0.25, -0.2) is 36.1 Å². The molecule has 2 aromatic heterocycles. The number of anilines is 1. The number of likely N-dealkylation sites (tertiary alicyclic amines) is 1. The molecule has 3 aromatic carbocycles. The Morgan fingerprint density at radius 3 is 2.40 bits per heavy atom. The summed E-state index contributed by atoms with van der Waals surface area (Å²) >= 11 is 0. The molecule has 0 bridgehead atoms. The van der Waals surface area contributed by atoms with E-state index >= 15 is 8.78 Å². The minimum Gasteiger partial charge on any atom is -0.497 e. The molecule has 0 N–H and O–H groups in total. The highest BCUT2D eigenvalue weighted by Gasteiger charge is 2.49. The third kappa shape index (κ3) is 7.54. The van der Waals surface area contributed by atoms with E-state index in [1.807, 2.05) is 0 Å². The number of sulfonamides is 1. The summed E-state index contributed by atoms with van der Waals surface area (Å²) in [6, 6.07) is 16.6. The number of nitrogens with zero attached hydrogens (tertiary/aromatic N) is 4. The van der Waals surface area contributed by atoms with Gasteiger partial charge in [0.15, 0.2) is 11.3 Å². The van der Waals surface area contributed by atoms with Gasteiger partial charge < -0.3 is 23.5 Å². The maximum Gasteiger partial charge on any atom is 0.419 e. The lowest BCUT2D eigenvalue weighted by molar-refractivity contribution is -0.0541. The van der Waals surface area contributed by atoms with Crippen LogP contribution in [-0.4, -0.2) is 61.9 Å². The molecule has 5 aromatic rings. The molecule has 3 heterocycles. The van der Waals surface area contributed by atoms with E-state index in [0.29, 0.717) is 26.7 Å². The predicted molar refractivity (Wildman–Crippen MR) is 188 cm³/mol. The Balaban J connectivity index is 1.29. The summed E-state index contributed by atoms with van der Waals surface area (Å²) in [7, 11) is -2.02. The lowest BCUT2D eigenvalue weighted by atomic mass is 9.84. The first-order chi connectivity index (χ1) is 25.0. The highest BCUT2D eigenvalue weighted by atomic mass is 32.2. The zero-order chi connectivity index (χ0) is 38.3. The van der Waals surface area contributed by atoms with Gasteiger partial charge in [0, 0.05) is 30.3 Å². The highest BCUT2D eigenvalue weighted by Crippen LogP contribution is 2.39. The lowest BCUT2D eigenvalue weighted by Gasteiger charge is -2.45. The number of ether oxygens (including phenoxy) is 3. The van der Waals surface area contributed by atoms with Gasteiger partial charge >= 0.3 is 11.8 Å². The van der Waals surface area contributed by atoms with Crippen molar-refractivity contribution in [2.75, 3.05) is 31.6 Å². The molecule has 12 nitrogen and oxygen atoms in total. The minimum atomic E-state index is -4.84. The summed E-state index contributed by atoms with van der Waals surface area (Å²) in [5.74, 6) is -2.74. The standard InChI is InChI=1S/C37H37F3N4O8S/c1-36(2,3)52-34(45)42-21-37(40,22-42)26-10-7-6-9-23(26)15-16-43-28-18-27(38)31(19-30(28)51-35(43)46)53(47,48)44(33-12-8-11-32(39)41-33)20-24-13-14-25(49-4)17-29(24)50-5/h6-14,17-19H,15-16,20-22H2,1-5H3. The fourth-order valence-corrected chi connectivity index (χ4v) is 7.60. The normalized spacial score (nSPS) is 14.2. The third-order valence-corrected chi connectivity index (χ3v) is 10.5. The Bertz CT molecular complexity index is 2350. The van der Waals surface area contributed by atoms with Crippen LogP contribution >= 0.6 is 0 Å². The first kappa shape index (κ1) is 37.3. The van der Waals surface area contributed by atoms with Crippen LogP contribution in [0.2, 0.25) is 0 Å². The number of aromatic nitrogens is 2. The third-order valence-electron chi connectivity index (χ3n) is 8.69. The zero-order valence-corrected chi connectivity index (χ0v) is 30.4. The van der Waals surface area contributed by atoms with Gasteiger partial charge in [-0.3, -0.25) is 4.57 Å². The largest absolute Gasteiger partial charge is 0.497 e. The first-order valence-corrected chi connectivity index (χ1v) is 17.9. The van der Waals surface area contributed by atoms with E-state index in [1.54, 1.807) is 57.2 Å². The number of fused-ring (bicyclic) bond motifs is 1. The molecule has 0 radical (unpaired) electrons. The molecule has 0 unspecified atom stereocenters. The van der Waals surface area contributed by atoms with Gasteiger partial charge in [-0.05, 0) is 62.6 Å². The smallest absolute Gasteiger partial charge is 0.419 e. The van der Waals surface area contributed by atoms with Gasteiger partial charge in [0.2, 0.25) is 5.95 Å². The van der Waals surface area contributed by atoms with Crippen molar-refractivity contribution < 1.29 is 45.0 Å². The van der Waals surface area contributed by atoms with Crippen molar-refractivity contribution in [2.45, 2.75) is 56.4 Å². The molecule has 0 atom stereocenters. The Morgan fingerprint density at radius 1 is 0.981 bits per heavy atom. The number of amides is 1. The van der Waals surface area contributed by atoms with Gasteiger partial charge in [-0.15, -0.1) is 0 Å². The van der Waals surface area contributed by atoms with E-state index in [4.69, 9.17) is 18.6 Å². The summed E-state index contributed by atoms with van der Waals surface area (Å²) in [5.41, 5.74) is -1.65. The van der Waals surface area contributed by atoms with Gasteiger partial charge in [0.1, 0.15) is 33.6 Å². The average Bonchev–Trinajstić information content (AvgIpc) is 3.40. The number of alkyl halides is 1. The number of benzene rings is 3. The van der Waals surface area contributed by atoms with Crippen LogP contribution in [0.1, 0.15) is 37.5 Å². The zero-order valence-electron chi connectivity index (χ0n) is 29.6. The van der Waals surface area contributed by atoms with Gasteiger partial charge in [0.25, 0.3) is 10.0 Å². The summed E-state index contributed by atoms with van der Waals surface area (Å²) < 4.78 is 98.0. The SMILES string of the molecule is COc1ccc(CN(c2cccc(F)n2)S(=O)(=O)c2cc3oc(=O)n(CCc4ccccc4C4(F)CN(C(=O)OC(C)(C)C)C4)c3cc2F)c(OC)c1. The first-order valence-electron chi connectivity index (χ1n) is 16.5. The number of pyridine rings is 1. The highest BCUT2D eigenvalue weighted by molar-refractivity contribution is 7.92. The Kier molecular flexibility index (Phi) is 9.94. The summed E-state index contributed by atoms with van der Waals surface area (Å²) in [5, 5.41) is 0. The Labute approximate surface area is 303 Å². The van der Waals surface area contributed by atoms with Crippen molar-refractivity contribution >= 4 is 33.0 Å². The van der Waals surface area contributed by atoms with E-state index in [-0.39, 0.29) is 48.7 Å². The topological polar surface area (TPSA) is 133 Å². The van der Waals surface area contributed by atoms with Gasteiger partial charge in [-0.2, -0.15) is 4.39 Å². The number of carbonyl (C=O) groups excluding carboxylic acids is 1. The number of halogens is 3. The number of methoxy groups -OCH3 is 2. The summed E-state index contributed by atoms with van der Waals surface area (Å²) in [4.78, 5) is 29.7. The molecule has 1 aliphatic rings. The molecule has 1 aliphatic heterocycles. The molecule has 1 amide bonds. The van der Waals surface area contributed by atoms with Crippen LogP contribution in [0.5, 0.6) is 11.5 Å². The molecule has 0 aliphatic carbocycles. The quantitative estimate of drug-likeness (QED) is 0.142. The second kappa shape index (κ2) is 14.1. The number of hydrogen-bond donors (Lipinski definition) is 0. The molecule has 0 spiro atoms. The van der Waals surface area contributed by atoms with E-state index in [9.17, 15) is 22.4 Å². The van der Waals surface area contributed by atoms with Crippen LogP contribution in [-0.2, 0) is 39.9 Å². The lowest BCUT2D eigenvalue weighted by Crippen LogP contribution is -2.59. The van der Waals surface area contributed by atoms with Crippen LogP contribution in [0.15, 0.2) is 86.9 Å². The average molecular weight is 755 g/mol. The maximum absolute atomic E-state index is 16.1. The van der Waals surface area contributed by atoms with Crippen molar-refractivity contribution in [1.29, 1.82) is 0 Å². The van der Waals surface area contributed by atoms with E-state index in [1.165, 1.54) is 37.3 Å². The van der Waals surface area contributed by atoms with Crippen LogP contribution in [0.4, 0.5) is 23.8 Å². The number of rotatable bonds is 11. The van der Waals surface area contributed by atoms with E-state index in [2.05, 4.69) is 4.98 Å². The minimum absolute atomic E-state index is 0.0362. The fraction of sp³-hybridized carbons (Fsp3) is 0.324. The number of oxazole rings is 1. The molecular weight excluding hydrogens is 717 g/mol. The van der Waals surface area contributed by atoms with Crippen LogP contribution in [0, 0.1) is 11.8 Å². The van der Waals surface area contributed by atoms with Crippen molar-refractivity contribution in [3.63, 3.8) is 0 Å². The van der Waals surface area contributed by atoms with Crippen LogP contribution in [0.3, 0.4) is 0 Å². The van der Waals surface area contributed by atoms with Crippen molar-refractivity contribution in [3.05, 3.63) is 112 Å². The molecule has 280 valence electrons. The molecule has 53 heavy (non-hydrogen) atoms. The van der Waals surface area contributed by atoms with Crippen molar-refractivity contribution in [1.82, 2.24) is 14.5 Å². The molecule has 6 rings (SSSR count). The van der Waals surface area contributed by atoms with Crippen LogP contribution < -0.4 is 19.5 Å². The molecule has 1 saturated heterocycles. The molecule has 16 heteroatoms. The van der Waals surface area contributed by atoms with Crippen molar-refractivity contribution in [3.8, 4) is 11.5 Å². The Hall–Kier alpha value is -5.51. The summed E-state index contributed by atoms with van der Waals surface area (Å²) in [6.45, 7) is 4.20. The second-order valence-corrected chi connectivity index (χ2v) is 15.3. The maximum atomic E-state index is 16.1. The van der Waals surface area contributed by atoms with Crippen molar-refractivity contribution in [2.24, 2.45) is 0 Å². The number of hydrogen-bond acceptors (Lipinski definition) is 9. The monoisotopic (exact) mass is 754 g/mol. The Morgan fingerprint density at radius 2 is 1.72 bits per heavy atom. The molecular formula is C37H37F3N4O8S. The van der Waals surface area contributed by atoms with Gasteiger partial charge in [-0.1, -0.05) is 30.3 Å². The van der Waals surface area contributed by atoms with E-state index in [0.717, 1.165) is 22.8 Å².